The van der Waals surface area contributed by atoms with Crippen molar-refractivity contribution in [2.24, 2.45) is 0 Å². The summed E-state index contributed by atoms with van der Waals surface area (Å²) in [6.45, 7) is 7.38. The van der Waals surface area contributed by atoms with Crippen molar-refractivity contribution in [1.29, 1.82) is 0 Å². The number of anilines is 1. The smallest absolute Gasteiger partial charge is 0.241 e. The van der Waals surface area contributed by atoms with Crippen LogP contribution in [-0.2, 0) is 24.8 Å². The van der Waals surface area contributed by atoms with Gasteiger partial charge in [0.15, 0.2) is 0 Å². The number of benzene rings is 2. The first-order chi connectivity index (χ1) is 16.9. The van der Waals surface area contributed by atoms with Crippen LogP contribution in [0, 0.1) is 5.82 Å². The zero-order valence-corrected chi connectivity index (χ0v) is 21.9. The number of hydrogen-bond donors (Lipinski definition) is 2. The summed E-state index contributed by atoms with van der Waals surface area (Å²) in [6, 6.07) is 10.2. The van der Waals surface area contributed by atoms with Gasteiger partial charge >= 0.3 is 0 Å². The Morgan fingerprint density at radius 3 is 2.56 bits per heavy atom. The van der Waals surface area contributed by atoms with Gasteiger partial charge < -0.3 is 15.5 Å². The Hall–Kier alpha value is -2.82. The highest BCUT2D eigenvalue weighted by atomic mass is 32.2. The molecule has 2 heterocycles. The van der Waals surface area contributed by atoms with Gasteiger partial charge in [-0.15, -0.1) is 0 Å². The van der Waals surface area contributed by atoms with Gasteiger partial charge in [-0.25, -0.2) is 12.8 Å². The van der Waals surface area contributed by atoms with E-state index in [4.69, 9.17) is 0 Å². The molecule has 0 radical (unpaired) electrons. The molecule has 0 spiro atoms. The summed E-state index contributed by atoms with van der Waals surface area (Å²) < 4.78 is 41.6. The average molecular weight is 517 g/mol. The number of nitrogens with zero attached hydrogens (tertiary/aromatic N) is 2. The van der Waals surface area contributed by atoms with Gasteiger partial charge in [-0.3, -0.25) is 14.5 Å². The number of carbonyl (C=O) groups excluding carboxylic acids is 2. The van der Waals surface area contributed by atoms with Gasteiger partial charge in [0, 0.05) is 56.3 Å². The van der Waals surface area contributed by atoms with Crippen LogP contribution in [0.1, 0.15) is 32.8 Å². The third-order valence-corrected chi connectivity index (χ3v) is 8.82. The van der Waals surface area contributed by atoms with E-state index in [1.54, 1.807) is 30.1 Å². The van der Waals surface area contributed by atoms with Gasteiger partial charge in [0.25, 0.3) is 0 Å². The number of rotatable bonds is 6. The van der Waals surface area contributed by atoms with Crippen molar-refractivity contribution < 1.29 is 22.4 Å². The lowest BCUT2D eigenvalue weighted by Crippen LogP contribution is -2.58. The summed E-state index contributed by atoms with van der Waals surface area (Å²) in [5, 5.41) is 5.99. The van der Waals surface area contributed by atoms with Crippen molar-refractivity contribution in [1.82, 2.24) is 15.5 Å². The van der Waals surface area contributed by atoms with E-state index in [1.807, 2.05) is 25.7 Å². The molecule has 8 nitrogen and oxygen atoms in total. The molecule has 0 aliphatic carbocycles. The van der Waals surface area contributed by atoms with Gasteiger partial charge in [0.1, 0.15) is 10.7 Å². The molecular formula is C26H33FN4O4S. The molecule has 0 bridgehead atoms. The Bertz CT molecular complexity index is 1270. The zero-order chi connectivity index (χ0) is 26.3. The number of carbonyl (C=O) groups is 2. The van der Waals surface area contributed by atoms with Crippen molar-refractivity contribution >= 4 is 27.3 Å². The van der Waals surface area contributed by atoms with Crippen LogP contribution in [0.25, 0.3) is 0 Å². The monoisotopic (exact) mass is 516 g/mol. The summed E-state index contributed by atoms with van der Waals surface area (Å²) in [5.41, 5.74) is 0.446. The van der Waals surface area contributed by atoms with Gasteiger partial charge in [-0.2, -0.15) is 0 Å². The largest absolute Gasteiger partial charge is 0.359 e. The summed E-state index contributed by atoms with van der Waals surface area (Å²) in [7, 11) is -2.53. The van der Waals surface area contributed by atoms with E-state index in [1.165, 1.54) is 24.3 Å². The molecule has 2 aliphatic heterocycles. The number of sulfone groups is 1. The number of hydrogen-bond acceptors (Lipinski definition) is 6. The molecule has 10 heteroatoms. The standard InChI is InChI=1S/C26H33FN4O4S/c1-17-14-30(18(13-29-17)10-24(32)28-4)15-25(33)31-16-26(2,3)20-11-21(27)23(12-22(20)31)36(34,35)19-8-6-5-7-9-19/h5-9,11-12,17-18,29H,10,13-16H2,1-4H3,(H,28,32)/t17-,18?/m1/s1. The highest BCUT2D eigenvalue weighted by Crippen LogP contribution is 2.43. The molecule has 2 aromatic rings. The van der Waals surface area contributed by atoms with Crippen LogP contribution >= 0.6 is 0 Å². The molecule has 2 aromatic carbocycles. The van der Waals surface area contributed by atoms with Gasteiger partial charge in [0.05, 0.1) is 11.4 Å². The van der Waals surface area contributed by atoms with Crippen molar-refractivity contribution in [2.45, 2.75) is 54.5 Å². The maximum Gasteiger partial charge on any atom is 0.241 e. The summed E-state index contributed by atoms with van der Waals surface area (Å²) >= 11 is 0. The van der Waals surface area contributed by atoms with Crippen LogP contribution in [0.2, 0.25) is 0 Å². The predicted molar refractivity (Wildman–Crippen MR) is 135 cm³/mol. The van der Waals surface area contributed by atoms with Crippen LogP contribution in [0.4, 0.5) is 10.1 Å². The minimum atomic E-state index is -4.11. The number of amides is 2. The van der Waals surface area contributed by atoms with E-state index < -0.39 is 26.0 Å². The first kappa shape index (κ1) is 26.2. The quantitative estimate of drug-likeness (QED) is 0.610. The zero-order valence-electron chi connectivity index (χ0n) is 21.0. The Morgan fingerprint density at radius 2 is 1.89 bits per heavy atom. The molecule has 2 N–H and O–H groups in total. The SMILES string of the molecule is CNC(=O)CC1CN[C@H](C)CN1CC(=O)N1CC(C)(C)c2cc(F)c(S(=O)(=O)c3ccccc3)cc21. The van der Waals surface area contributed by atoms with Crippen LogP contribution in [0.3, 0.4) is 0 Å². The van der Waals surface area contributed by atoms with E-state index in [9.17, 15) is 18.0 Å². The topological polar surface area (TPSA) is 98.8 Å². The van der Waals surface area contributed by atoms with Crippen molar-refractivity contribution in [2.75, 3.05) is 38.1 Å². The lowest BCUT2D eigenvalue weighted by Gasteiger charge is -2.39. The molecule has 4 rings (SSSR count). The van der Waals surface area contributed by atoms with E-state index in [0.29, 0.717) is 30.9 Å². The Labute approximate surface area is 211 Å². The first-order valence-corrected chi connectivity index (χ1v) is 13.5. The Morgan fingerprint density at radius 1 is 1.19 bits per heavy atom. The second-order valence-electron chi connectivity index (χ2n) is 10.2. The Balaban J connectivity index is 1.67. The fraction of sp³-hybridized carbons (Fsp3) is 0.462. The maximum absolute atomic E-state index is 15.2. The van der Waals surface area contributed by atoms with Gasteiger partial charge in [0.2, 0.25) is 21.7 Å². The second kappa shape index (κ2) is 9.91. The molecule has 1 unspecified atom stereocenters. The third-order valence-electron chi connectivity index (χ3n) is 7.03. The number of fused-ring (bicyclic) bond motifs is 1. The second-order valence-corrected chi connectivity index (χ2v) is 12.2. The number of nitrogens with one attached hydrogen (secondary N) is 2. The molecule has 2 atom stereocenters. The molecule has 2 amide bonds. The normalized spacial score (nSPS) is 21.8. The van der Waals surface area contributed by atoms with E-state index in [0.717, 1.165) is 0 Å². The predicted octanol–water partition coefficient (Wildman–Crippen LogP) is 2.08. The lowest BCUT2D eigenvalue weighted by molar-refractivity contribution is -0.125. The average Bonchev–Trinajstić information content (AvgIpc) is 3.10. The van der Waals surface area contributed by atoms with Gasteiger partial charge in [-0.05, 0) is 36.8 Å². The van der Waals surface area contributed by atoms with Crippen LogP contribution in [0.15, 0.2) is 52.3 Å². The van der Waals surface area contributed by atoms with E-state index in [2.05, 4.69) is 10.6 Å². The molecular weight excluding hydrogens is 483 g/mol. The van der Waals surface area contributed by atoms with Crippen molar-refractivity contribution in [3.8, 4) is 0 Å². The van der Waals surface area contributed by atoms with E-state index in [-0.39, 0.29) is 41.8 Å². The van der Waals surface area contributed by atoms with Crippen LogP contribution in [-0.4, -0.2) is 70.4 Å². The molecule has 194 valence electrons. The molecule has 2 aliphatic rings. The number of piperazine rings is 1. The molecule has 1 fully saturated rings. The van der Waals surface area contributed by atoms with Crippen LogP contribution < -0.4 is 15.5 Å². The third kappa shape index (κ3) is 5.02. The Kier molecular flexibility index (Phi) is 7.23. The highest BCUT2D eigenvalue weighted by Gasteiger charge is 2.41. The first-order valence-electron chi connectivity index (χ1n) is 12.1. The molecule has 0 saturated carbocycles. The highest BCUT2D eigenvalue weighted by molar-refractivity contribution is 7.91. The fourth-order valence-corrected chi connectivity index (χ4v) is 6.38. The summed E-state index contributed by atoms with van der Waals surface area (Å²) in [4.78, 5) is 28.7. The van der Waals surface area contributed by atoms with Gasteiger partial charge in [-0.1, -0.05) is 32.0 Å². The van der Waals surface area contributed by atoms with Crippen LogP contribution in [0.5, 0.6) is 0 Å². The summed E-state index contributed by atoms with van der Waals surface area (Å²) in [6.07, 6.45) is 0.260. The number of halogens is 1. The molecule has 0 aromatic heterocycles. The molecule has 36 heavy (non-hydrogen) atoms. The fourth-order valence-electron chi connectivity index (χ4n) is 5.03. The minimum absolute atomic E-state index is 0.00849. The summed E-state index contributed by atoms with van der Waals surface area (Å²) in [5.74, 6) is -1.15. The minimum Gasteiger partial charge on any atom is -0.359 e. The molecule has 1 saturated heterocycles. The van der Waals surface area contributed by atoms with Crippen molar-refractivity contribution in [3.63, 3.8) is 0 Å². The van der Waals surface area contributed by atoms with E-state index >= 15 is 4.39 Å². The van der Waals surface area contributed by atoms with Crippen molar-refractivity contribution in [3.05, 3.63) is 53.8 Å². The lowest BCUT2D eigenvalue weighted by atomic mass is 9.87. The maximum atomic E-state index is 15.2.